The van der Waals surface area contributed by atoms with Crippen LogP contribution in [0.5, 0.6) is 5.75 Å². The summed E-state index contributed by atoms with van der Waals surface area (Å²) in [5.74, 6) is 0.292. The quantitative estimate of drug-likeness (QED) is 0.697. The molecule has 3 aromatic rings. The van der Waals surface area contributed by atoms with Crippen LogP contribution in [-0.4, -0.2) is 40.8 Å². The first-order valence-electron chi connectivity index (χ1n) is 9.30. The third-order valence-corrected chi connectivity index (χ3v) is 5.69. The topological polar surface area (TPSA) is 75.8 Å². The molecule has 0 saturated carbocycles. The number of hydrogen-bond donors (Lipinski definition) is 1. The highest BCUT2D eigenvalue weighted by molar-refractivity contribution is 6.32. The van der Waals surface area contributed by atoms with Crippen molar-refractivity contribution in [2.45, 2.75) is 25.0 Å². The summed E-state index contributed by atoms with van der Waals surface area (Å²) >= 11 is 6.22. The number of aliphatic hydroxyl groups is 1. The molecule has 1 aromatic heterocycles. The predicted octanol–water partition coefficient (Wildman–Crippen LogP) is 4.13. The Bertz CT molecular complexity index is 1040. The SMILES string of the molecule is COc1ccc(-c2nocc2C(=O)N2CC(O)(c3ccccc3)CC2C)cc1Cl. The van der Waals surface area contributed by atoms with Gasteiger partial charge in [0, 0.05) is 18.0 Å². The maximum atomic E-state index is 13.3. The number of aromatic nitrogens is 1. The molecular weight excluding hydrogens is 392 g/mol. The molecular formula is C22H21ClN2O4. The molecule has 0 bridgehead atoms. The number of rotatable bonds is 4. The van der Waals surface area contributed by atoms with Gasteiger partial charge in [0.2, 0.25) is 0 Å². The van der Waals surface area contributed by atoms with Crippen molar-refractivity contribution in [2.75, 3.05) is 13.7 Å². The highest BCUT2D eigenvalue weighted by atomic mass is 35.5. The average molecular weight is 413 g/mol. The standard InChI is InChI=1S/C22H21ClN2O4/c1-14-11-22(27,16-6-4-3-5-7-16)13-25(14)21(26)17-12-29-24-20(17)15-8-9-19(28-2)18(23)10-15/h3-10,12,14,27H,11,13H2,1-2H3. The van der Waals surface area contributed by atoms with E-state index in [1.54, 1.807) is 23.1 Å². The molecule has 2 atom stereocenters. The number of likely N-dealkylation sites (tertiary alicyclic amines) is 1. The Hall–Kier alpha value is -2.83. The monoisotopic (exact) mass is 412 g/mol. The van der Waals surface area contributed by atoms with Gasteiger partial charge >= 0.3 is 0 Å². The average Bonchev–Trinajstić information content (AvgIpc) is 3.33. The molecule has 4 rings (SSSR count). The summed E-state index contributed by atoms with van der Waals surface area (Å²) < 4.78 is 10.3. The van der Waals surface area contributed by atoms with Crippen LogP contribution in [0, 0.1) is 0 Å². The molecule has 29 heavy (non-hydrogen) atoms. The van der Waals surface area contributed by atoms with Crippen LogP contribution in [0.4, 0.5) is 0 Å². The summed E-state index contributed by atoms with van der Waals surface area (Å²) in [7, 11) is 1.54. The summed E-state index contributed by atoms with van der Waals surface area (Å²) in [4.78, 5) is 15.0. The van der Waals surface area contributed by atoms with Gasteiger partial charge in [-0.2, -0.15) is 0 Å². The molecule has 1 saturated heterocycles. The Morgan fingerprint density at radius 2 is 2.07 bits per heavy atom. The summed E-state index contributed by atoms with van der Waals surface area (Å²) in [5.41, 5.74) is 1.10. The maximum Gasteiger partial charge on any atom is 0.259 e. The number of benzene rings is 2. The first-order chi connectivity index (χ1) is 13.9. The van der Waals surface area contributed by atoms with Crippen molar-refractivity contribution in [3.63, 3.8) is 0 Å². The second-order valence-corrected chi connectivity index (χ2v) is 7.72. The number of amides is 1. The number of halogens is 1. The van der Waals surface area contributed by atoms with Gasteiger partial charge in [-0.05, 0) is 30.7 Å². The van der Waals surface area contributed by atoms with Crippen LogP contribution in [0.2, 0.25) is 5.02 Å². The fourth-order valence-electron chi connectivity index (χ4n) is 3.90. The number of methoxy groups -OCH3 is 1. The molecule has 0 aliphatic carbocycles. The first-order valence-corrected chi connectivity index (χ1v) is 9.68. The van der Waals surface area contributed by atoms with E-state index in [1.165, 1.54) is 13.4 Å². The minimum Gasteiger partial charge on any atom is -0.495 e. The summed E-state index contributed by atoms with van der Waals surface area (Å²) in [6.45, 7) is 2.13. The Morgan fingerprint density at radius 1 is 1.31 bits per heavy atom. The Morgan fingerprint density at radius 3 is 2.76 bits per heavy atom. The minimum absolute atomic E-state index is 0.144. The Balaban J connectivity index is 1.63. The normalized spacial score (nSPS) is 21.4. The summed E-state index contributed by atoms with van der Waals surface area (Å²) in [6, 6.07) is 14.5. The number of ether oxygens (including phenoxy) is 1. The number of carbonyl (C=O) groups is 1. The lowest BCUT2D eigenvalue weighted by Crippen LogP contribution is -2.36. The number of β-amino-alcohol motifs (C(OH)–C–C–N with tert-alkyl or cyclic N) is 1. The molecule has 0 spiro atoms. The second kappa shape index (κ2) is 7.54. The van der Waals surface area contributed by atoms with E-state index in [9.17, 15) is 9.90 Å². The van der Waals surface area contributed by atoms with Crippen molar-refractivity contribution in [1.29, 1.82) is 0 Å². The van der Waals surface area contributed by atoms with E-state index in [-0.39, 0.29) is 18.5 Å². The fraction of sp³-hybridized carbons (Fsp3) is 0.273. The van der Waals surface area contributed by atoms with Crippen molar-refractivity contribution in [3.05, 3.63) is 70.9 Å². The zero-order valence-corrected chi connectivity index (χ0v) is 16.9. The fourth-order valence-corrected chi connectivity index (χ4v) is 4.15. The van der Waals surface area contributed by atoms with Gasteiger partial charge in [-0.1, -0.05) is 47.1 Å². The summed E-state index contributed by atoms with van der Waals surface area (Å²) in [5, 5.41) is 15.6. The van der Waals surface area contributed by atoms with Gasteiger partial charge in [0.1, 0.15) is 28.9 Å². The third kappa shape index (κ3) is 3.50. The van der Waals surface area contributed by atoms with Gasteiger partial charge in [-0.3, -0.25) is 4.79 Å². The van der Waals surface area contributed by atoms with E-state index < -0.39 is 5.60 Å². The summed E-state index contributed by atoms with van der Waals surface area (Å²) in [6.07, 6.45) is 1.79. The Labute approximate surface area is 173 Å². The number of carbonyl (C=O) groups excluding carboxylic acids is 1. The molecule has 0 radical (unpaired) electrons. The van der Waals surface area contributed by atoms with E-state index in [2.05, 4.69) is 5.16 Å². The molecule has 7 heteroatoms. The first kappa shape index (κ1) is 19.5. The van der Waals surface area contributed by atoms with E-state index in [0.29, 0.717) is 34.0 Å². The van der Waals surface area contributed by atoms with Crippen LogP contribution in [0.1, 0.15) is 29.3 Å². The van der Waals surface area contributed by atoms with Gasteiger partial charge in [-0.15, -0.1) is 0 Å². The molecule has 6 nitrogen and oxygen atoms in total. The molecule has 2 unspecified atom stereocenters. The van der Waals surface area contributed by atoms with Crippen molar-refractivity contribution >= 4 is 17.5 Å². The van der Waals surface area contributed by atoms with Gasteiger partial charge in [-0.25, -0.2) is 0 Å². The van der Waals surface area contributed by atoms with Crippen molar-refractivity contribution in [3.8, 4) is 17.0 Å². The highest BCUT2D eigenvalue weighted by Crippen LogP contribution is 2.38. The van der Waals surface area contributed by atoms with Gasteiger partial charge < -0.3 is 19.3 Å². The minimum atomic E-state index is -1.09. The molecule has 150 valence electrons. The van der Waals surface area contributed by atoms with E-state index in [0.717, 1.165) is 5.56 Å². The second-order valence-electron chi connectivity index (χ2n) is 7.31. The number of hydrogen-bond acceptors (Lipinski definition) is 5. The van der Waals surface area contributed by atoms with E-state index in [1.807, 2.05) is 37.3 Å². The smallest absolute Gasteiger partial charge is 0.259 e. The predicted molar refractivity (Wildman–Crippen MR) is 109 cm³/mol. The molecule has 2 heterocycles. The van der Waals surface area contributed by atoms with Gasteiger partial charge in [0.05, 0.1) is 18.7 Å². The van der Waals surface area contributed by atoms with Crippen molar-refractivity contribution in [1.82, 2.24) is 10.1 Å². The molecule has 1 aliphatic heterocycles. The molecule has 2 aromatic carbocycles. The molecule has 1 amide bonds. The lowest BCUT2D eigenvalue weighted by atomic mass is 9.92. The van der Waals surface area contributed by atoms with Crippen molar-refractivity contribution in [2.24, 2.45) is 0 Å². The Kier molecular flexibility index (Phi) is 5.06. The zero-order chi connectivity index (χ0) is 20.6. The van der Waals surface area contributed by atoms with E-state index in [4.69, 9.17) is 20.9 Å². The van der Waals surface area contributed by atoms with Crippen molar-refractivity contribution < 1.29 is 19.2 Å². The van der Waals surface area contributed by atoms with Crippen LogP contribution >= 0.6 is 11.6 Å². The maximum absolute atomic E-state index is 13.3. The lowest BCUT2D eigenvalue weighted by Gasteiger charge is -2.24. The molecule has 1 aliphatic rings. The van der Waals surface area contributed by atoms with E-state index >= 15 is 0 Å². The zero-order valence-electron chi connectivity index (χ0n) is 16.1. The van der Waals surface area contributed by atoms with Crippen LogP contribution in [0.3, 0.4) is 0 Å². The lowest BCUT2D eigenvalue weighted by molar-refractivity contribution is 0.0417. The van der Waals surface area contributed by atoms with Gasteiger partial charge in [0.15, 0.2) is 0 Å². The van der Waals surface area contributed by atoms with Crippen LogP contribution in [0.25, 0.3) is 11.3 Å². The van der Waals surface area contributed by atoms with Crippen LogP contribution < -0.4 is 4.74 Å². The molecule has 1 fully saturated rings. The van der Waals surface area contributed by atoms with Crippen LogP contribution in [0.15, 0.2) is 59.3 Å². The highest BCUT2D eigenvalue weighted by Gasteiger charge is 2.44. The third-order valence-electron chi connectivity index (χ3n) is 5.39. The number of nitrogens with zero attached hydrogens (tertiary/aromatic N) is 2. The van der Waals surface area contributed by atoms with Crippen LogP contribution in [-0.2, 0) is 5.60 Å². The molecule has 1 N–H and O–H groups in total. The van der Waals surface area contributed by atoms with Gasteiger partial charge in [0.25, 0.3) is 5.91 Å². The largest absolute Gasteiger partial charge is 0.495 e.